The summed E-state index contributed by atoms with van der Waals surface area (Å²) in [6.07, 6.45) is 2.51. The molecular formula is C11H21N3O. The minimum Gasteiger partial charge on any atom is -0.354 e. The number of carbonyl (C=O) groups is 1. The zero-order valence-electron chi connectivity index (χ0n) is 9.46. The molecule has 2 aliphatic rings. The van der Waals surface area contributed by atoms with Crippen molar-refractivity contribution >= 4 is 5.91 Å². The fraction of sp³-hybridized carbons (Fsp3) is 0.909. The smallest absolute Gasteiger partial charge is 0.225 e. The lowest BCUT2D eigenvalue weighted by Gasteiger charge is -2.28. The maximum absolute atomic E-state index is 11.6. The second-order valence-corrected chi connectivity index (χ2v) is 4.52. The largest absolute Gasteiger partial charge is 0.354 e. The van der Waals surface area contributed by atoms with Crippen molar-refractivity contribution in [3.05, 3.63) is 0 Å². The van der Waals surface area contributed by atoms with Gasteiger partial charge >= 0.3 is 0 Å². The van der Waals surface area contributed by atoms with Crippen molar-refractivity contribution in [1.29, 1.82) is 0 Å². The third kappa shape index (κ3) is 2.49. The van der Waals surface area contributed by atoms with E-state index in [4.69, 9.17) is 0 Å². The molecule has 2 N–H and O–H groups in total. The van der Waals surface area contributed by atoms with Crippen LogP contribution in [0.4, 0.5) is 0 Å². The molecule has 1 atom stereocenters. The van der Waals surface area contributed by atoms with Crippen molar-refractivity contribution in [3.8, 4) is 0 Å². The highest BCUT2D eigenvalue weighted by Crippen LogP contribution is 2.15. The lowest BCUT2D eigenvalue weighted by molar-refractivity contribution is -0.126. The third-order valence-electron chi connectivity index (χ3n) is 3.57. The van der Waals surface area contributed by atoms with Crippen LogP contribution in [0.25, 0.3) is 0 Å². The number of hydrogen-bond acceptors (Lipinski definition) is 3. The second kappa shape index (κ2) is 4.94. The van der Waals surface area contributed by atoms with Gasteiger partial charge in [-0.05, 0) is 25.9 Å². The highest BCUT2D eigenvalue weighted by Gasteiger charge is 2.27. The molecule has 0 saturated carbocycles. The van der Waals surface area contributed by atoms with Crippen LogP contribution in [0.2, 0.25) is 0 Å². The average molecular weight is 211 g/mol. The maximum atomic E-state index is 11.6. The number of likely N-dealkylation sites (N-methyl/N-ethyl adjacent to an activating group) is 1. The molecule has 0 aromatic rings. The van der Waals surface area contributed by atoms with Gasteiger partial charge in [-0.25, -0.2) is 0 Å². The first-order valence-electron chi connectivity index (χ1n) is 6.03. The topological polar surface area (TPSA) is 44.4 Å². The van der Waals surface area contributed by atoms with E-state index in [2.05, 4.69) is 22.5 Å². The number of rotatable bonds is 4. The second-order valence-electron chi connectivity index (χ2n) is 4.52. The summed E-state index contributed by atoms with van der Waals surface area (Å²) in [5.41, 5.74) is 0. The highest BCUT2D eigenvalue weighted by atomic mass is 16.2. The minimum atomic E-state index is 0.224. The normalized spacial score (nSPS) is 27.7. The Morgan fingerprint density at radius 2 is 2.33 bits per heavy atom. The molecular weight excluding hydrogens is 190 g/mol. The van der Waals surface area contributed by atoms with Crippen molar-refractivity contribution in [2.45, 2.75) is 25.8 Å². The molecule has 0 radical (unpaired) electrons. The fourth-order valence-corrected chi connectivity index (χ4v) is 2.38. The Balaban J connectivity index is 1.70. The van der Waals surface area contributed by atoms with E-state index in [9.17, 15) is 4.79 Å². The molecule has 2 fully saturated rings. The summed E-state index contributed by atoms with van der Waals surface area (Å²) in [4.78, 5) is 14.1. The van der Waals surface area contributed by atoms with E-state index in [-0.39, 0.29) is 11.8 Å². The van der Waals surface area contributed by atoms with Gasteiger partial charge in [0.15, 0.2) is 0 Å². The molecule has 0 spiro atoms. The zero-order valence-corrected chi connectivity index (χ0v) is 9.46. The molecule has 0 aliphatic carbocycles. The van der Waals surface area contributed by atoms with Crippen LogP contribution in [0.1, 0.15) is 19.8 Å². The number of amides is 1. The Labute approximate surface area is 91.4 Å². The van der Waals surface area contributed by atoms with Gasteiger partial charge < -0.3 is 10.6 Å². The third-order valence-corrected chi connectivity index (χ3v) is 3.57. The van der Waals surface area contributed by atoms with Gasteiger partial charge in [-0.1, -0.05) is 6.92 Å². The van der Waals surface area contributed by atoms with Gasteiger partial charge in [0.25, 0.3) is 0 Å². The summed E-state index contributed by atoms with van der Waals surface area (Å²) in [5, 5.41) is 6.19. The van der Waals surface area contributed by atoms with Gasteiger partial charge in [0, 0.05) is 25.7 Å². The standard InChI is InChI=1S/C11H21N3O/c1-2-14-5-3-4-10(14)8-13-11(15)9-6-12-7-9/h9-10,12H,2-8H2,1H3,(H,13,15). The molecule has 4 nitrogen and oxygen atoms in total. The fourth-order valence-electron chi connectivity index (χ4n) is 2.38. The number of nitrogens with one attached hydrogen (secondary N) is 2. The molecule has 0 aromatic heterocycles. The van der Waals surface area contributed by atoms with Crippen molar-refractivity contribution in [3.63, 3.8) is 0 Å². The zero-order chi connectivity index (χ0) is 10.7. The summed E-state index contributed by atoms with van der Waals surface area (Å²) < 4.78 is 0. The monoisotopic (exact) mass is 211 g/mol. The lowest BCUT2D eigenvalue weighted by Crippen LogP contribution is -2.52. The molecule has 86 valence electrons. The summed E-state index contributed by atoms with van der Waals surface area (Å²) in [7, 11) is 0. The quantitative estimate of drug-likeness (QED) is 0.677. The lowest BCUT2D eigenvalue weighted by atomic mass is 10.0. The minimum absolute atomic E-state index is 0.224. The molecule has 2 heterocycles. The van der Waals surface area contributed by atoms with E-state index in [0.717, 1.165) is 26.2 Å². The van der Waals surface area contributed by atoms with Crippen LogP contribution in [-0.4, -0.2) is 49.6 Å². The molecule has 2 aliphatic heterocycles. The van der Waals surface area contributed by atoms with E-state index in [1.165, 1.54) is 19.4 Å². The van der Waals surface area contributed by atoms with Crippen LogP contribution in [-0.2, 0) is 4.79 Å². The van der Waals surface area contributed by atoms with Gasteiger partial charge in [0.05, 0.1) is 5.92 Å². The van der Waals surface area contributed by atoms with Gasteiger partial charge in [-0.2, -0.15) is 0 Å². The first kappa shape index (κ1) is 10.9. The Kier molecular flexibility index (Phi) is 3.59. The summed E-state index contributed by atoms with van der Waals surface area (Å²) in [5.74, 6) is 0.457. The molecule has 0 bridgehead atoms. The van der Waals surface area contributed by atoms with Crippen LogP contribution in [0.3, 0.4) is 0 Å². The van der Waals surface area contributed by atoms with Gasteiger partial charge in [-0.3, -0.25) is 9.69 Å². The number of hydrogen-bond donors (Lipinski definition) is 2. The van der Waals surface area contributed by atoms with Crippen LogP contribution in [0.15, 0.2) is 0 Å². The van der Waals surface area contributed by atoms with Gasteiger partial charge in [-0.15, -0.1) is 0 Å². The Morgan fingerprint density at radius 1 is 1.53 bits per heavy atom. The van der Waals surface area contributed by atoms with E-state index < -0.39 is 0 Å². The number of nitrogens with zero attached hydrogens (tertiary/aromatic N) is 1. The molecule has 0 aromatic carbocycles. The van der Waals surface area contributed by atoms with Crippen molar-refractivity contribution in [2.75, 3.05) is 32.7 Å². The highest BCUT2D eigenvalue weighted by molar-refractivity contribution is 5.80. The first-order valence-corrected chi connectivity index (χ1v) is 6.03. The molecule has 2 saturated heterocycles. The Morgan fingerprint density at radius 3 is 2.93 bits per heavy atom. The first-order chi connectivity index (χ1) is 7.31. The van der Waals surface area contributed by atoms with Crippen LogP contribution >= 0.6 is 0 Å². The van der Waals surface area contributed by atoms with Crippen LogP contribution in [0, 0.1) is 5.92 Å². The van der Waals surface area contributed by atoms with Gasteiger partial charge in [0.2, 0.25) is 5.91 Å². The van der Waals surface area contributed by atoms with E-state index in [1.54, 1.807) is 0 Å². The number of carbonyl (C=O) groups excluding carboxylic acids is 1. The van der Waals surface area contributed by atoms with Crippen LogP contribution in [0.5, 0.6) is 0 Å². The van der Waals surface area contributed by atoms with Crippen molar-refractivity contribution < 1.29 is 4.79 Å². The predicted octanol–water partition coefficient (Wildman–Crippen LogP) is -0.194. The molecule has 4 heteroatoms. The molecule has 1 amide bonds. The van der Waals surface area contributed by atoms with E-state index >= 15 is 0 Å². The summed E-state index contributed by atoms with van der Waals surface area (Å²) >= 11 is 0. The Hall–Kier alpha value is -0.610. The van der Waals surface area contributed by atoms with E-state index in [1.807, 2.05) is 0 Å². The average Bonchev–Trinajstić information content (AvgIpc) is 2.58. The molecule has 2 rings (SSSR count). The maximum Gasteiger partial charge on any atom is 0.225 e. The molecule has 15 heavy (non-hydrogen) atoms. The van der Waals surface area contributed by atoms with Gasteiger partial charge in [0.1, 0.15) is 0 Å². The number of likely N-dealkylation sites (tertiary alicyclic amines) is 1. The predicted molar refractivity (Wildman–Crippen MR) is 59.6 cm³/mol. The van der Waals surface area contributed by atoms with E-state index in [0.29, 0.717) is 6.04 Å². The van der Waals surface area contributed by atoms with Crippen LogP contribution < -0.4 is 10.6 Å². The molecule has 1 unspecified atom stereocenters. The SMILES string of the molecule is CCN1CCCC1CNC(=O)C1CNC1. The van der Waals surface area contributed by atoms with Crippen molar-refractivity contribution in [2.24, 2.45) is 5.92 Å². The summed E-state index contributed by atoms with van der Waals surface area (Å²) in [6.45, 7) is 7.04. The summed E-state index contributed by atoms with van der Waals surface area (Å²) in [6, 6.07) is 0.576. The Bertz CT molecular complexity index is 228. The van der Waals surface area contributed by atoms with Crippen molar-refractivity contribution in [1.82, 2.24) is 15.5 Å².